The van der Waals surface area contributed by atoms with Crippen molar-refractivity contribution in [2.75, 3.05) is 57.3 Å². The molecule has 6 aliphatic rings. The molecule has 11 heteroatoms. The minimum atomic E-state index is -0.315. The number of halogens is 1. The van der Waals surface area contributed by atoms with Crippen molar-refractivity contribution in [2.24, 2.45) is 22.7 Å². The van der Waals surface area contributed by atoms with Gasteiger partial charge in [-0.1, -0.05) is 13.8 Å². The van der Waals surface area contributed by atoms with Crippen LogP contribution in [-0.2, 0) is 4.79 Å². The van der Waals surface area contributed by atoms with Gasteiger partial charge in [0.05, 0.1) is 0 Å². The minimum absolute atomic E-state index is 0.218. The van der Waals surface area contributed by atoms with E-state index in [1.54, 1.807) is 13.0 Å². The Morgan fingerprint density at radius 1 is 0.980 bits per heavy atom. The highest BCUT2D eigenvalue weighted by Crippen LogP contribution is 2.51. The molecule has 1 amide bonds. The van der Waals surface area contributed by atoms with Crippen molar-refractivity contribution in [1.82, 2.24) is 34.9 Å². The van der Waals surface area contributed by atoms with Gasteiger partial charge >= 0.3 is 0 Å². The molecule has 0 radical (unpaired) electrons. The van der Waals surface area contributed by atoms with Gasteiger partial charge in [-0.2, -0.15) is 0 Å². The third kappa shape index (κ3) is 5.64. The van der Waals surface area contributed by atoms with Gasteiger partial charge in [-0.15, -0.1) is 10.2 Å². The quantitative estimate of drug-likeness (QED) is 0.290. The molecule has 1 aromatic carbocycles. The number of aryl methyl sites for hydroxylation is 1. The van der Waals surface area contributed by atoms with Gasteiger partial charge in [-0.05, 0) is 86.6 Å². The molecule has 2 saturated carbocycles. The number of likely N-dealkylation sites (tertiary alicyclic amines) is 3. The second-order valence-electron chi connectivity index (χ2n) is 17.0. The number of hydrogen-bond donors (Lipinski definition) is 0. The fraction of sp³-hybridized carbons (Fsp3) is 0.615. The van der Waals surface area contributed by atoms with Crippen LogP contribution in [0.5, 0.6) is 11.6 Å². The second-order valence-corrected chi connectivity index (χ2v) is 17.0. The molecule has 2 spiro atoms. The van der Waals surface area contributed by atoms with Crippen molar-refractivity contribution in [1.29, 1.82) is 0 Å². The lowest BCUT2D eigenvalue weighted by Crippen LogP contribution is -2.75. The first-order chi connectivity index (χ1) is 24.1. The van der Waals surface area contributed by atoms with Crippen LogP contribution in [0.2, 0.25) is 0 Å². The first kappa shape index (κ1) is 32.2. The smallest absolute Gasteiger partial charge is 0.282 e. The molecule has 6 fully saturated rings. The Hall–Kier alpha value is -3.70. The van der Waals surface area contributed by atoms with Crippen molar-refractivity contribution in [2.45, 2.75) is 77.8 Å². The van der Waals surface area contributed by atoms with Crippen molar-refractivity contribution in [3.63, 3.8) is 0 Å². The maximum absolute atomic E-state index is 14.7. The van der Waals surface area contributed by atoms with Gasteiger partial charge in [0.15, 0.2) is 5.82 Å². The summed E-state index contributed by atoms with van der Waals surface area (Å²) in [5.74, 6) is 3.33. The van der Waals surface area contributed by atoms with Gasteiger partial charge in [0.25, 0.3) is 5.88 Å². The predicted molar refractivity (Wildman–Crippen MR) is 188 cm³/mol. The van der Waals surface area contributed by atoms with Gasteiger partial charge < -0.3 is 14.5 Å². The number of rotatable bonds is 9. The number of ether oxygens (including phenoxy) is 1. The molecule has 264 valence electrons. The van der Waals surface area contributed by atoms with E-state index in [9.17, 15) is 9.18 Å². The molecule has 0 N–H and O–H groups in total. The Labute approximate surface area is 294 Å². The van der Waals surface area contributed by atoms with Crippen LogP contribution in [0.1, 0.15) is 70.1 Å². The Morgan fingerprint density at radius 3 is 2.48 bits per heavy atom. The first-order valence-corrected chi connectivity index (χ1v) is 18.7. The number of amides is 1. The molecule has 1 atom stereocenters. The van der Waals surface area contributed by atoms with E-state index in [1.165, 1.54) is 50.0 Å². The molecule has 4 saturated heterocycles. The monoisotopic (exact) mass is 680 g/mol. The number of aromatic nitrogens is 4. The van der Waals surface area contributed by atoms with Crippen molar-refractivity contribution in [3.05, 3.63) is 53.9 Å². The summed E-state index contributed by atoms with van der Waals surface area (Å²) in [5.41, 5.74) is 4.37. The van der Waals surface area contributed by atoms with Crippen LogP contribution in [0.15, 0.2) is 36.8 Å². The number of nitrogens with zero attached hydrogens (tertiary/aromatic N) is 8. The molecule has 6 heterocycles. The van der Waals surface area contributed by atoms with Gasteiger partial charge in [0.1, 0.15) is 17.9 Å². The lowest BCUT2D eigenvalue weighted by molar-refractivity contribution is -0.171. The third-order valence-electron chi connectivity index (χ3n) is 12.7. The average Bonchev–Trinajstić information content (AvgIpc) is 3.76. The van der Waals surface area contributed by atoms with Gasteiger partial charge in [-0.25, -0.2) is 9.37 Å². The van der Waals surface area contributed by atoms with Crippen molar-refractivity contribution in [3.8, 4) is 22.8 Å². The highest BCUT2D eigenvalue weighted by Gasteiger charge is 2.57. The minimum Gasteiger partial charge on any atom is -0.434 e. The SMILES string of the molecule is CC(=O)N1CC2(C1)CN(C1CC([C@H](C(C)C)N3CC4(CCN(c5ncnnc5Oc5ccc(F)cc5-c5cnc(C)cc5C5CC5)C4)C3)C1)C2. The number of carbonyl (C=O) groups is 1. The summed E-state index contributed by atoms with van der Waals surface area (Å²) in [4.78, 5) is 30.6. The number of anilines is 1. The van der Waals surface area contributed by atoms with Crippen LogP contribution >= 0.6 is 0 Å². The second kappa shape index (κ2) is 11.9. The first-order valence-electron chi connectivity index (χ1n) is 18.7. The summed E-state index contributed by atoms with van der Waals surface area (Å²) in [7, 11) is 0. The third-order valence-corrected chi connectivity index (χ3v) is 12.7. The Kier molecular flexibility index (Phi) is 7.69. The van der Waals surface area contributed by atoms with E-state index in [2.05, 4.69) is 54.8 Å². The van der Waals surface area contributed by atoms with Crippen LogP contribution in [0.3, 0.4) is 0 Å². The van der Waals surface area contributed by atoms with Crippen molar-refractivity contribution >= 4 is 11.7 Å². The van der Waals surface area contributed by atoms with E-state index in [4.69, 9.17) is 4.74 Å². The zero-order valence-corrected chi connectivity index (χ0v) is 29.8. The molecular weight excluding hydrogens is 631 g/mol. The molecule has 9 rings (SSSR count). The summed E-state index contributed by atoms with van der Waals surface area (Å²) in [6, 6.07) is 8.10. The summed E-state index contributed by atoms with van der Waals surface area (Å²) < 4.78 is 21.2. The molecular formula is C39H49FN8O2. The standard InChI is InChI=1S/C39H49FN8O2/c1-24(2)35(28-12-30(13-28)47-21-39(22-47)19-46(20-39)26(4)49)48-17-38(18-48)9-10-45(16-38)36-37(44-43-23-42-36)50-34-8-7-29(40)14-32(34)33-15-41-25(3)11-31(33)27-5-6-27/h7-8,11,14-15,23-24,27-28,30,35H,5-6,9-10,12-13,16-22H2,1-4H3/t28?,30?,35-/m0/s1. The topological polar surface area (TPSA) is 90.8 Å². The highest BCUT2D eigenvalue weighted by molar-refractivity contribution is 5.75. The Morgan fingerprint density at radius 2 is 1.76 bits per heavy atom. The lowest BCUT2D eigenvalue weighted by Gasteiger charge is -2.65. The summed E-state index contributed by atoms with van der Waals surface area (Å²) in [6.45, 7) is 16.7. The van der Waals surface area contributed by atoms with E-state index in [1.807, 2.05) is 18.0 Å². The van der Waals surface area contributed by atoms with Crippen LogP contribution < -0.4 is 9.64 Å². The number of carbonyl (C=O) groups excluding carboxylic acids is 1. The van der Waals surface area contributed by atoms with Crippen LogP contribution in [-0.4, -0.2) is 105 Å². The molecule has 10 nitrogen and oxygen atoms in total. The fourth-order valence-electron chi connectivity index (χ4n) is 10.1. The van der Waals surface area contributed by atoms with E-state index < -0.39 is 0 Å². The summed E-state index contributed by atoms with van der Waals surface area (Å²) in [6.07, 6.45) is 9.31. The van der Waals surface area contributed by atoms with E-state index >= 15 is 0 Å². The van der Waals surface area contributed by atoms with Crippen molar-refractivity contribution < 1.29 is 13.9 Å². The zero-order valence-electron chi connectivity index (χ0n) is 29.8. The molecule has 50 heavy (non-hydrogen) atoms. The van der Waals surface area contributed by atoms with E-state index in [-0.39, 0.29) is 17.1 Å². The largest absolute Gasteiger partial charge is 0.434 e. The van der Waals surface area contributed by atoms with Gasteiger partial charge in [-0.3, -0.25) is 19.6 Å². The predicted octanol–water partition coefficient (Wildman–Crippen LogP) is 5.53. The lowest BCUT2D eigenvalue weighted by atomic mass is 9.65. The Balaban J connectivity index is 0.845. The molecule has 3 aromatic rings. The number of benzene rings is 1. The number of pyridine rings is 1. The van der Waals surface area contributed by atoms with Crippen LogP contribution in [0, 0.1) is 35.4 Å². The molecule has 2 aromatic heterocycles. The van der Waals surface area contributed by atoms with Gasteiger partial charge in [0.2, 0.25) is 5.91 Å². The van der Waals surface area contributed by atoms with E-state index in [0.29, 0.717) is 52.3 Å². The van der Waals surface area contributed by atoms with Gasteiger partial charge in [0, 0.05) is 105 Å². The molecule has 4 aliphatic heterocycles. The van der Waals surface area contributed by atoms with Crippen LogP contribution in [0.25, 0.3) is 11.1 Å². The van der Waals surface area contributed by atoms with E-state index in [0.717, 1.165) is 75.7 Å². The average molecular weight is 681 g/mol. The molecule has 2 aliphatic carbocycles. The fourth-order valence-corrected chi connectivity index (χ4v) is 10.1. The summed E-state index contributed by atoms with van der Waals surface area (Å²) in [5, 5.41) is 8.49. The molecule has 0 bridgehead atoms. The zero-order chi connectivity index (χ0) is 34.4. The summed E-state index contributed by atoms with van der Waals surface area (Å²) >= 11 is 0. The number of hydrogen-bond acceptors (Lipinski definition) is 9. The maximum atomic E-state index is 14.7. The van der Waals surface area contributed by atoms with Crippen LogP contribution in [0.4, 0.5) is 10.2 Å². The highest BCUT2D eigenvalue weighted by atomic mass is 19.1. The Bertz CT molecular complexity index is 1790. The maximum Gasteiger partial charge on any atom is 0.282 e. The normalized spacial score (nSPS) is 26.0. The molecule has 0 unspecified atom stereocenters.